The van der Waals surface area contributed by atoms with Crippen LogP contribution >= 0.6 is 0 Å². The van der Waals surface area contributed by atoms with Gasteiger partial charge < -0.3 is 5.32 Å². The fraction of sp³-hybridized carbons (Fsp3) is 0.333. The van der Waals surface area contributed by atoms with Crippen molar-refractivity contribution < 1.29 is 0 Å². The maximum atomic E-state index is 11.7. The van der Waals surface area contributed by atoms with E-state index in [0.717, 1.165) is 23.4 Å². The van der Waals surface area contributed by atoms with Gasteiger partial charge in [0.15, 0.2) is 0 Å². The summed E-state index contributed by atoms with van der Waals surface area (Å²) in [6, 6.07) is 8.08. The van der Waals surface area contributed by atoms with Gasteiger partial charge in [-0.15, -0.1) is 0 Å². The van der Waals surface area contributed by atoms with Gasteiger partial charge in [0.25, 0.3) is 5.56 Å². The van der Waals surface area contributed by atoms with E-state index in [2.05, 4.69) is 41.5 Å². The minimum absolute atomic E-state index is 0.130. The zero-order valence-corrected chi connectivity index (χ0v) is 11.6. The van der Waals surface area contributed by atoms with E-state index in [-0.39, 0.29) is 5.56 Å². The van der Waals surface area contributed by atoms with Crippen LogP contribution < -0.4 is 10.9 Å². The van der Waals surface area contributed by atoms with Crippen LogP contribution in [0.2, 0.25) is 0 Å². The molecule has 4 heteroatoms. The zero-order chi connectivity index (χ0) is 13.8. The molecule has 4 nitrogen and oxygen atoms in total. The van der Waals surface area contributed by atoms with Gasteiger partial charge in [-0.1, -0.05) is 30.7 Å². The number of benzene rings is 1. The van der Waals surface area contributed by atoms with Crippen molar-refractivity contribution in [1.82, 2.24) is 15.5 Å². The molecular formula is C15H19N3O. The Morgan fingerprint density at radius 2 is 2.05 bits per heavy atom. The highest BCUT2D eigenvalue weighted by atomic mass is 16.1. The lowest BCUT2D eigenvalue weighted by Crippen LogP contribution is -2.21. The number of aromatic amines is 1. The monoisotopic (exact) mass is 257 g/mol. The molecule has 1 heterocycles. The molecule has 0 unspecified atom stereocenters. The Morgan fingerprint density at radius 3 is 2.74 bits per heavy atom. The summed E-state index contributed by atoms with van der Waals surface area (Å²) in [4.78, 5) is 11.7. The van der Waals surface area contributed by atoms with Crippen molar-refractivity contribution in [2.45, 2.75) is 27.3 Å². The van der Waals surface area contributed by atoms with Crippen molar-refractivity contribution in [2.75, 3.05) is 6.54 Å². The topological polar surface area (TPSA) is 57.8 Å². The minimum Gasteiger partial charge on any atom is -0.313 e. The van der Waals surface area contributed by atoms with E-state index in [0.29, 0.717) is 12.1 Å². The summed E-state index contributed by atoms with van der Waals surface area (Å²) in [5.41, 5.74) is 4.83. The Bertz CT molecular complexity index is 632. The molecule has 19 heavy (non-hydrogen) atoms. The summed E-state index contributed by atoms with van der Waals surface area (Å²) >= 11 is 0. The zero-order valence-electron chi connectivity index (χ0n) is 11.6. The number of hydrogen-bond donors (Lipinski definition) is 2. The third-order valence-corrected chi connectivity index (χ3v) is 3.10. The number of aryl methyl sites for hydroxylation is 2. The summed E-state index contributed by atoms with van der Waals surface area (Å²) < 4.78 is 0. The third kappa shape index (κ3) is 3.09. The molecule has 0 aliphatic heterocycles. The van der Waals surface area contributed by atoms with Gasteiger partial charge in [0.2, 0.25) is 0 Å². The molecule has 0 amide bonds. The molecule has 100 valence electrons. The van der Waals surface area contributed by atoms with Crippen LogP contribution in [0, 0.1) is 13.8 Å². The molecule has 0 saturated heterocycles. The Hall–Kier alpha value is -1.94. The second-order valence-corrected chi connectivity index (χ2v) is 4.71. The number of rotatable bonds is 4. The molecule has 0 radical (unpaired) electrons. The summed E-state index contributed by atoms with van der Waals surface area (Å²) in [7, 11) is 0. The lowest BCUT2D eigenvalue weighted by Gasteiger charge is -2.08. The van der Waals surface area contributed by atoms with Crippen molar-refractivity contribution in [3.05, 3.63) is 51.3 Å². The van der Waals surface area contributed by atoms with Crippen LogP contribution in [0.4, 0.5) is 0 Å². The predicted octanol–water partition coefficient (Wildman–Crippen LogP) is 2.16. The number of aromatic nitrogens is 2. The van der Waals surface area contributed by atoms with Crippen LogP contribution in [-0.4, -0.2) is 16.7 Å². The second-order valence-electron chi connectivity index (χ2n) is 4.71. The highest BCUT2D eigenvalue weighted by Crippen LogP contribution is 2.21. The first-order valence-corrected chi connectivity index (χ1v) is 6.48. The average molecular weight is 257 g/mol. The van der Waals surface area contributed by atoms with Gasteiger partial charge in [0, 0.05) is 17.7 Å². The summed E-state index contributed by atoms with van der Waals surface area (Å²) in [6.07, 6.45) is 0. The third-order valence-electron chi connectivity index (χ3n) is 3.10. The predicted molar refractivity (Wildman–Crippen MR) is 77.1 cm³/mol. The van der Waals surface area contributed by atoms with Crippen LogP contribution in [0.5, 0.6) is 0 Å². The standard InChI is InChI=1S/C15H19N3O/c1-4-16-9-12-8-14(17-18-15(12)19)13-6-5-10(2)7-11(13)3/h5-8,16H,4,9H2,1-3H3,(H,18,19). The van der Waals surface area contributed by atoms with Crippen LogP contribution in [-0.2, 0) is 6.54 Å². The molecule has 0 aliphatic rings. The number of hydrogen-bond acceptors (Lipinski definition) is 3. The molecule has 1 aromatic carbocycles. The largest absolute Gasteiger partial charge is 0.313 e. The maximum Gasteiger partial charge on any atom is 0.268 e. The molecule has 0 saturated carbocycles. The van der Waals surface area contributed by atoms with E-state index < -0.39 is 0 Å². The first-order valence-electron chi connectivity index (χ1n) is 6.48. The Morgan fingerprint density at radius 1 is 1.26 bits per heavy atom. The smallest absolute Gasteiger partial charge is 0.268 e. The first kappa shape index (κ1) is 13.5. The van der Waals surface area contributed by atoms with Gasteiger partial charge in [-0.05, 0) is 32.0 Å². The Labute approximate surface area is 112 Å². The van der Waals surface area contributed by atoms with E-state index in [1.807, 2.05) is 19.1 Å². The fourth-order valence-electron chi connectivity index (χ4n) is 2.08. The van der Waals surface area contributed by atoms with Crippen molar-refractivity contribution >= 4 is 0 Å². The van der Waals surface area contributed by atoms with Crippen LogP contribution in [0.3, 0.4) is 0 Å². The molecule has 2 N–H and O–H groups in total. The normalized spacial score (nSPS) is 10.7. The van der Waals surface area contributed by atoms with Gasteiger partial charge >= 0.3 is 0 Å². The Balaban J connectivity index is 2.42. The van der Waals surface area contributed by atoms with Gasteiger partial charge in [-0.25, -0.2) is 5.10 Å². The summed E-state index contributed by atoms with van der Waals surface area (Å²) in [5.74, 6) is 0. The van der Waals surface area contributed by atoms with Crippen LogP contribution in [0.1, 0.15) is 23.6 Å². The van der Waals surface area contributed by atoms with Crippen molar-refractivity contribution in [2.24, 2.45) is 0 Å². The fourth-order valence-corrected chi connectivity index (χ4v) is 2.08. The van der Waals surface area contributed by atoms with E-state index >= 15 is 0 Å². The molecule has 0 bridgehead atoms. The van der Waals surface area contributed by atoms with Crippen molar-refractivity contribution in [3.8, 4) is 11.3 Å². The second kappa shape index (κ2) is 5.80. The van der Waals surface area contributed by atoms with E-state index in [1.165, 1.54) is 5.56 Å². The molecular weight excluding hydrogens is 238 g/mol. The van der Waals surface area contributed by atoms with Gasteiger partial charge in [-0.3, -0.25) is 4.79 Å². The van der Waals surface area contributed by atoms with Crippen LogP contribution in [0.15, 0.2) is 29.1 Å². The van der Waals surface area contributed by atoms with Gasteiger partial charge in [0.1, 0.15) is 0 Å². The highest BCUT2D eigenvalue weighted by Gasteiger charge is 2.07. The quantitative estimate of drug-likeness (QED) is 0.882. The van der Waals surface area contributed by atoms with E-state index in [1.54, 1.807) is 0 Å². The van der Waals surface area contributed by atoms with Crippen LogP contribution in [0.25, 0.3) is 11.3 Å². The molecule has 2 aromatic rings. The lowest BCUT2D eigenvalue weighted by molar-refractivity contribution is 0.715. The van der Waals surface area contributed by atoms with E-state index in [9.17, 15) is 4.79 Å². The molecule has 0 atom stereocenters. The number of nitrogens with zero attached hydrogens (tertiary/aromatic N) is 1. The SMILES string of the molecule is CCNCc1cc(-c2ccc(C)cc2C)n[nH]c1=O. The maximum absolute atomic E-state index is 11.7. The summed E-state index contributed by atoms with van der Waals surface area (Å²) in [5, 5.41) is 9.87. The van der Waals surface area contributed by atoms with Crippen molar-refractivity contribution in [1.29, 1.82) is 0 Å². The van der Waals surface area contributed by atoms with Crippen molar-refractivity contribution in [3.63, 3.8) is 0 Å². The molecule has 0 aliphatic carbocycles. The lowest BCUT2D eigenvalue weighted by atomic mass is 10.0. The molecule has 0 spiro atoms. The Kier molecular flexibility index (Phi) is 4.12. The highest BCUT2D eigenvalue weighted by molar-refractivity contribution is 5.63. The van der Waals surface area contributed by atoms with Gasteiger partial charge in [0.05, 0.1) is 5.69 Å². The molecule has 1 aromatic heterocycles. The number of nitrogens with one attached hydrogen (secondary N) is 2. The molecule has 0 fully saturated rings. The summed E-state index contributed by atoms with van der Waals surface area (Å²) in [6.45, 7) is 7.53. The van der Waals surface area contributed by atoms with Gasteiger partial charge in [-0.2, -0.15) is 5.10 Å². The molecule has 2 rings (SSSR count). The number of H-pyrrole nitrogens is 1. The minimum atomic E-state index is -0.130. The first-order chi connectivity index (χ1) is 9.11. The average Bonchev–Trinajstić information content (AvgIpc) is 2.38. The van der Waals surface area contributed by atoms with E-state index in [4.69, 9.17) is 0 Å².